The SMILES string of the molecule is CCCNC(CCCOCC)c1ccncc1F. The Morgan fingerprint density at radius 1 is 1.44 bits per heavy atom. The molecule has 0 bridgehead atoms. The van der Waals surface area contributed by atoms with Crippen molar-refractivity contribution >= 4 is 0 Å². The number of hydrogen-bond donors (Lipinski definition) is 1. The molecule has 0 fully saturated rings. The maximum absolute atomic E-state index is 13.7. The monoisotopic (exact) mass is 254 g/mol. The molecule has 0 radical (unpaired) electrons. The molecular formula is C14H23FN2O. The number of halogens is 1. The van der Waals surface area contributed by atoms with Crippen LogP contribution in [0.25, 0.3) is 0 Å². The lowest BCUT2D eigenvalue weighted by molar-refractivity contribution is 0.140. The first-order chi connectivity index (χ1) is 8.79. The Morgan fingerprint density at radius 2 is 2.28 bits per heavy atom. The number of aromatic nitrogens is 1. The molecule has 1 unspecified atom stereocenters. The van der Waals surface area contributed by atoms with Gasteiger partial charge in [-0.05, 0) is 38.8 Å². The Kier molecular flexibility index (Phi) is 7.53. The van der Waals surface area contributed by atoms with Crippen molar-refractivity contribution in [1.82, 2.24) is 10.3 Å². The summed E-state index contributed by atoms with van der Waals surface area (Å²) in [6.07, 6.45) is 5.76. The Balaban J connectivity index is 2.57. The van der Waals surface area contributed by atoms with E-state index in [2.05, 4.69) is 17.2 Å². The zero-order valence-corrected chi connectivity index (χ0v) is 11.3. The van der Waals surface area contributed by atoms with Crippen LogP contribution in [-0.2, 0) is 4.74 Å². The van der Waals surface area contributed by atoms with Crippen LogP contribution in [0.15, 0.2) is 18.5 Å². The molecule has 0 aliphatic rings. The number of hydrogen-bond acceptors (Lipinski definition) is 3. The number of ether oxygens (including phenoxy) is 1. The topological polar surface area (TPSA) is 34.1 Å². The molecule has 0 aliphatic carbocycles. The van der Waals surface area contributed by atoms with Gasteiger partial charge in [0, 0.05) is 31.0 Å². The number of nitrogens with one attached hydrogen (secondary N) is 1. The van der Waals surface area contributed by atoms with E-state index in [1.807, 2.05) is 6.92 Å². The first-order valence-corrected chi connectivity index (χ1v) is 6.70. The second-order valence-electron chi connectivity index (χ2n) is 4.24. The largest absolute Gasteiger partial charge is 0.382 e. The minimum atomic E-state index is -0.234. The standard InChI is InChI=1S/C14H23FN2O/c1-3-8-17-14(6-5-10-18-4-2)12-7-9-16-11-13(12)15/h7,9,11,14,17H,3-6,8,10H2,1-2H3. The highest BCUT2D eigenvalue weighted by Gasteiger charge is 2.14. The van der Waals surface area contributed by atoms with E-state index >= 15 is 0 Å². The highest BCUT2D eigenvalue weighted by Crippen LogP contribution is 2.20. The van der Waals surface area contributed by atoms with Crippen LogP contribution in [-0.4, -0.2) is 24.7 Å². The van der Waals surface area contributed by atoms with Crippen molar-refractivity contribution in [2.45, 2.75) is 39.2 Å². The highest BCUT2D eigenvalue weighted by atomic mass is 19.1. The van der Waals surface area contributed by atoms with Crippen LogP contribution in [0.5, 0.6) is 0 Å². The minimum Gasteiger partial charge on any atom is -0.382 e. The normalized spacial score (nSPS) is 12.6. The predicted molar refractivity (Wildman–Crippen MR) is 71.0 cm³/mol. The molecule has 0 aromatic carbocycles. The van der Waals surface area contributed by atoms with Crippen molar-refractivity contribution in [3.05, 3.63) is 29.8 Å². The molecule has 0 aliphatic heterocycles. The Labute approximate surface area is 109 Å². The summed E-state index contributed by atoms with van der Waals surface area (Å²) in [5.41, 5.74) is 0.704. The Morgan fingerprint density at radius 3 is 2.94 bits per heavy atom. The lowest BCUT2D eigenvalue weighted by Crippen LogP contribution is -2.23. The Bertz CT molecular complexity index is 333. The van der Waals surface area contributed by atoms with Crippen LogP contribution in [0, 0.1) is 5.82 Å². The van der Waals surface area contributed by atoms with E-state index in [-0.39, 0.29) is 11.9 Å². The summed E-state index contributed by atoms with van der Waals surface area (Å²) >= 11 is 0. The molecule has 1 heterocycles. The third kappa shape index (κ3) is 5.10. The summed E-state index contributed by atoms with van der Waals surface area (Å²) < 4.78 is 19.0. The van der Waals surface area contributed by atoms with Crippen LogP contribution in [0.1, 0.15) is 44.7 Å². The molecule has 0 saturated heterocycles. The van der Waals surface area contributed by atoms with Gasteiger partial charge in [0.1, 0.15) is 5.82 Å². The maximum atomic E-state index is 13.7. The van der Waals surface area contributed by atoms with Gasteiger partial charge in [0.2, 0.25) is 0 Å². The van der Waals surface area contributed by atoms with Crippen LogP contribution >= 0.6 is 0 Å². The molecule has 1 aromatic heterocycles. The van der Waals surface area contributed by atoms with Crippen molar-refractivity contribution in [1.29, 1.82) is 0 Å². The third-order valence-electron chi connectivity index (χ3n) is 2.81. The first kappa shape index (κ1) is 15.1. The van der Waals surface area contributed by atoms with Crippen LogP contribution in [0.2, 0.25) is 0 Å². The first-order valence-electron chi connectivity index (χ1n) is 6.70. The lowest BCUT2D eigenvalue weighted by Gasteiger charge is -2.19. The molecule has 0 amide bonds. The summed E-state index contributed by atoms with van der Waals surface area (Å²) in [4.78, 5) is 3.79. The second kappa shape index (κ2) is 9.00. The van der Waals surface area contributed by atoms with Gasteiger partial charge in [-0.2, -0.15) is 0 Å². The smallest absolute Gasteiger partial charge is 0.146 e. The van der Waals surface area contributed by atoms with Crippen molar-refractivity contribution in [2.24, 2.45) is 0 Å². The fourth-order valence-corrected chi connectivity index (χ4v) is 1.89. The van der Waals surface area contributed by atoms with Crippen molar-refractivity contribution in [3.8, 4) is 0 Å². The van der Waals surface area contributed by atoms with E-state index in [0.29, 0.717) is 5.56 Å². The van der Waals surface area contributed by atoms with Gasteiger partial charge in [-0.15, -0.1) is 0 Å². The van der Waals surface area contributed by atoms with Gasteiger partial charge in [-0.3, -0.25) is 4.98 Å². The average molecular weight is 254 g/mol. The summed E-state index contributed by atoms with van der Waals surface area (Å²) in [6, 6.07) is 1.80. The van der Waals surface area contributed by atoms with E-state index < -0.39 is 0 Å². The Hall–Kier alpha value is -1.00. The second-order valence-corrected chi connectivity index (χ2v) is 4.24. The molecule has 3 nitrogen and oxygen atoms in total. The summed E-state index contributed by atoms with van der Waals surface area (Å²) in [6.45, 7) is 6.44. The summed E-state index contributed by atoms with van der Waals surface area (Å²) in [7, 11) is 0. The van der Waals surface area contributed by atoms with E-state index in [1.165, 1.54) is 6.20 Å². The fraction of sp³-hybridized carbons (Fsp3) is 0.643. The third-order valence-corrected chi connectivity index (χ3v) is 2.81. The minimum absolute atomic E-state index is 0.0495. The molecule has 0 saturated carbocycles. The lowest BCUT2D eigenvalue weighted by atomic mass is 10.0. The quantitative estimate of drug-likeness (QED) is 0.688. The van der Waals surface area contributed by atoms with Crippen molar-refractivity contribution in [2.75, 3.05) is 19.8 Å². The molecule has 1 N–H and O–H groups in total. The van der Waals surface area contributed by atoms with E-state index in [0.717, 1.165) is 39.0 Å². The highest BCUT2D eigenvalue weighted by molar-refractivity contribution is 5.17. The maximum Gasteiger partial charge on any atom is 0.146 e. The molecule has 18 heavy (non-hydrogen) atoms. The molecule has 1 atom stereocenters. The van der Waals surface area contributed by atoms with Gasteiger partial charge in [0.15, 0.2) is 0 Å². The van der Waals surface area contributed by atoms with Crippen molar-refractivity contribution < 1.29 is 9.13 Å². The number of rotatable bonds is 9. The van der Waals surface area contributed by atoms with Crippen LogP contribution in [0.4, 0.5) is 4.39 Å². The van der Waals surface area contributed by atoms with Crippen molar-refractivity contribution in [3.63, 3.8) is 0 Å². The van der Waals surface area contributed by atoms with E-state index in [1.54, 1.807) is 12.3 Å². The van der Waals surface area contributed by atoms with Gasteiger partial charge in [0.25, 0.3) is 0 Å². The zero-order chi connectivity index (χ0) is 13.2. The van der Waals surface area contributed by atoms with Crippen LogP contribution in [0.3, 0.4) is 0 Å². The van der Waals surface area contributed by atoms with Gasteiger partial charge >= 0.3 is 0 Å². The van der Waals surface area contributed by atoms with Crippen LogP contribution < -0.4 is 5.32 Å². The van der Waals surface area contributed by atoms with E-state index in [4.69, 9.17) is 4.74 Å². The van der Waals surface area contributed by atoms with Gasteiger partial charge in [-0.25, -0.2) is 4.39 Å². The molecule has 1 rings (SSSR count). The summed E-state index contributed by atoms with van der Waals surface area (Å²) in [5.74, 6) is -0.234. The molecular weight excluding hydrogens is 231 g/mol. The van der Waals surface area contributed by atoms with E-state index in [9.17, 15) is 4.39 Å². The average Bonchev–Trinajstić information content (AvgIpc) is 2.39. The molecule has 1 aromatic rings. The van der Waals surface area contributed by atoms with Gasteiger partial charge < -0.3 is 10.1 Å². The molecule has 102 valence electrons. The van der Waals surface area contributed by atoms with Gasteiger partial charge in [0.05, 0.1) is 6.20 Å². The fourth-order valence-electron chi connectivity index (χ4n) is 1.89. The predicted octanol–water partition coefficient (Wildman–Crippen LogP) is 3.08. The number of nitrogens with zero attached hydrogens (tertiary/aromatic N) is 1. The zero-order valence-electron chi connectivity index (χ0n) is 11.3. The molecule has 0 spiro atoms. The summed E-state index contributed by atoms with van der Waals surface area (Å²) in [5, 5.41) is 3.38. The van der Waals surface area contributed by atoms with Gasteiger partial charge in [-0.1, -0.05) is 6.92 Å². The molecule has 4 heteroatoms. The number of pyridine rings is 1.